The molecule has 0 N–H and O–H groups in total. The fourth-order valence-corrected chi connectivity index (χ4v) is 3.41. The quantitative estimate of drug-likeness (QED) is 0.783. The van der Waals surface area contributed by atoms with Crippen LogP contribution in [0.3, 0.4) is 0 Å². The van der Waals surface area contributed by atoms with Crippen molar-refractivity contribution in [2.45, 2.75) is 38.4 Å². The third kappa shape index (κ3) is 4.11. The summed E-state index contributed by atoms with van der Waals surface area (Å²) in [4.78, 5) is 29.4. The maximum absolute atomic E-state index is 12.6. The lowest BCUT2D eigenvalue weighted by atomic mass is 9.95. The highest BCUT2D eigenvalue weighted by molar-refractivity contribution is 5.79. The third-order valence-electron chi connectivity index (χ3n) is 4.91. The minimum absolute atomic E-state index is 0.0540. The lowest BCUT2D eigenvalue weighted by Gasteiger charge is -2.33. The molecular weight excluding hydrogens is 335 g/mol. The summed E-state index contributed by atoms with van der Waals surface area (Å²) in [7, 11) is 0. The molecule has 1 aromatic heterocycles. The minimum atomic E-state index is -4.61. The van der Waals surface area contributed by atoms with Crippen LogP contribution in [0.5, 0.6) is 0 Å². The zero-order valence-electron chi connectivity index (χ0n) is 13.7. The summed E-state index contributed by atoms with van der Waals surface area (Å²) in [5.74, 6) is 0.386. The van der Waals surface area contributed by atoms with Gasteiger partial charge in [0.05, 0.1) is 6.33 Å². The second-order valence-corrected chi connectivity index (χ2v) is 6.67. The molecule has 3 rings (SSSR count). The molecule has 2 heterocycles. The fourth-order valence-electron chi connectivity index (χ4n) is 3.41. The van der Waals surface area contributed by atoms with Gasteiger partial charge < -0.3 is 4.90 Å². The lowest BCUT2D eigenvalue weighted by molar-refractivity contribution is -0.141. The maximum atomic E-state index is 12.6. The molecule has 0 bridgehead atoms. The largest absolute Gasteiger partial charge is 0.433 e. The number of likely N-dealkylation sites (tertiary alicyclic amines) is 1. The van der Waals surface area contributed by atoms with E-state index in [0.717, 1.165) is 32.0 Å². The Morgan fingerprint density at radius 1 is 1.20 bits per heavy atom. The lowest BCUT2D eigenvalue weighted by Crippen LogP contribution is -2.42. The van der Waals surface area contributed by atoms with Gasteiger partial charge in [-0.1, -0.05) is 12.2 Å². The molecule has 1 saturated heterocycles. The van der Waals surface area contributed by atoms with Gasteiger partial charge in [0.2, 0.25) is 5.91 Å². The number of hydrogen-bond acceptors (Lipinski definition) is 3. The number of nitrogens with zero attached hydrogens (tertiary/aromatic N) is 3. The smallest absolute Gasteiger partial charge is 0.342 e. The molecule has 5 nitrogen and oxygen atoms in total. The van der Waals surface area contributed by atoms with E-state index < -0.39 is 17.4 Å². The van der Waals surface area contributed by atoms with Gasteiger partial charge in [0.15, 0.2) is 5.69 Å². The van der Waals surface area contributed by atoms with Crippen LogP contribution in [0.4, 0.5) is 13.2 Å². The average Bonchev–Trinajstić information content (AvgIpc) is 3.10. The summed E-state index contributed by atoms with van der Waals surface area (Å²) in [5.41, 5.74) is -1.86. The van der Waals surface area contributed by atoms with Crippen molar-refractivity contribution >= 4 is 5.91 Å². The van der Waals surface area contributed by atoms with Crippen LogP contribution in [0.15, 0.2) is 29.3 Å². The van der Waals surface area contributed by atoms with E-state index in [0.29, 0.717) is 25.7 Å². The van der Waals surface area contributed by atoms with Gasteiger partial charge >= 0.3 is 6.18 Å². The van der Waals surface area contributed by atoms with Gasteiger partial charge in [-0.15, -0.1) is 0 Å². The van der Waals surface area contributed by atoms with Crippen molar-refractivity contribution < 1.29 is 18.0 Å². The molecule has 0 atom stereocenters. The second-order valence-electron chi connectivity index (χ2n) is 6.67. The molecule has 0 unspecified atom stereocenters. The van der Waals surface area contributed by atoms with E-state index in [4.69, 9.17) is 0 Å². The van der Waals surface area contributed by atoms with Crippen LogP contribution in [-0.4, -0.2) is 33.4 Å². The number of allylic oxidation sites excluding steroid dienone is 2. The van der Waals surface area contributed by atoms with Crippen LogP contribution in [0, 0.1) is 11.8 Å². The van der Waals surface area contributed by atoms with E-state index in [1.807, 2.05) is 17.1 Å². The van der Waals surface area contributed by atoms with Crippen LogP contribution in [0.1, 0.15) is 31.4 Å². The fraction of sp³-hybridized carbons (Fsp3) is 0.588. The van der Waals surface area contributed by atoms with E-state index >= 15 is 0 Å². The molecule has 8 heteroatoms. The zero-order chi connectivity index (χ0) is 18.0. The monoisotopic (exact) mass is 355 g/mol. The molecule has 136 valence electrons. The van der Waals surface area contributed by atoms with Crippen LogP contribution in [0.25, 0.3) is 0 Å². The summed E-state index contributed by atoms with van der Waals surface area (Å²) in [5, 5.41) is 0. The number of rotatable bonds is 3. The van der Waals surface area contributed by atoms with Gasteiger partial charge in [-0.05, 0) is 31.6 Å². The maximum Gasteiger partial charge on any atom is 0.433 e. The highest BCUT2D eigenvalue weighted by Gasteiger charge is 2.33. The number of halogens is 3. The molecule has 2 aliphatic rings. The molecule has 1 aromatic rings. The van der Waals surface area contributed by atoms with E-state index in [2.05, 4.69) is 4.98 Å². The number of piperidine rings is 1. The Morgan fingerprint density at radius 2 is 1.84 bits per heavy atom. The highest BCUT2D eigenvalue weighted by Crippen LogP contribution is 2.27. The van der Waals surface area contributed by atoms with Gasteiger partial charge in [-0.2, -0.15) is 13.2 Å². The van der Waals surface area contributed by atoms with E-state index in [1.54, 1.807) is 0 Å². The van der Waals surface area contributed by atoms with Crippen molar-refractivity contribution in [1.82, 2.24) is 14.5 Å². The topological polar surface area (TPSA) is 55.2 Å². The normalized spacial score (nSPS) is 19.6. The Hall–Kier alpha value is -2.12. The molecular formula is C17H20F3N3O2. The number of alkyl halides is 3. The Morgan fingerprint density at radius 3 is 2.40 bits per heavy atom. The molecule has 0 aromatic carbocycles. The average molecular weight is 355 g/mol. The highest BCUT2D eigenvalue weighted by atomic mass is 19.4. The van der Waals surface area contributed by atoms with Crippen LogP contribution < -0.4 is 5.56 Å². The molecule has 1 fully saturated rings. The predicted molar refractivity (Wildman–Crippen MR) is 84.7 cm³/mol. The van der Waals surface area contributed by atoms with Gasteiger partial charge in [0.25, 0.3) is 5.56 Å². The Bertz CT molecular complexity index is 711. The molecule has 1 aliphatic carbocycles. The first kappa shape index (κ1) is 17.7. The zero-order valence-corrected chi connectivity index (χ0v) is 13.7. The summed E-state index contributed by atoms with van der Waals surface area (Å²) >= 11 is 0. The Labute approximate surface area is 143 Å². The first-order chi connectivity index (χ1) is 11.8. The molecule has 1 amide bonds. The summed E-state index contributed by atoms with van der Waals surface area (Å²) in [6, 6.07) is 0.533. The van der Waals surface area contributed by atoms with E-state index in [9.17, 15) is 22.8 Å². The number of hydrogen-bond donors (Lipinski definition) is 0. The Kier molecular flexibility index (Phi) is 4.96. The SMILES string of the molecule is O=C(C1CC=CC1)N1CCC(Cn2cnc(C(F)(F)F)cc2=O)CC1. The van der Waals surface area contributed by atoms with Crippen LogP contribution >= 0.6 is 0 Å². The van der Waals surface area contributed by atoms with Crippen LogP contribution in [0.2, 0.25) is 0 Å². The molecule has 25 heavy (non-hydrogen) atoms. The van der Waals surface area contributed by atoms with Gasteiger partial charge in [-0.25, -0.2) is 4.98 Å². The first-order valence-electron chi connectivity index (χ1n) is 8.42. The van der Waals surface area contributed by atoms with Crippen molar-refractivity contribution in [3.8, 4) is 0 Å². The first-order valence-corrected chi connectivity index (χ1v) is 8.42. The predicted octanol–water partition coefficient (Wildman–Crippen LogP) is 2.47. The summed E-state index contributed by atoms with van der Waals surface area (Å²) in [6.45, 7) is 1.59. The number of carbonyl (C=O) groups excluding carboxylic acids is 1. The standard InChI is InChI=1S/C17H20F3N3O2/c18-17(19,20)14-9-15(24)23(11-21-14)10-12-5-7-22(8-6-12)16(25)13-3-1-2-4-13/h1-2,9,11-13H,3-8,10H2. The number of amides is 1. The van der Waals surface area contributed by atoms with Crippen molar-refractivity contribution in [3.63, 3.8) is 0 Å². The molecule has 0 radical (unpaired) electrons. The van der Waals surface area contributed by atoms with Crippen molar-refractivity contribution in [2.24, 2.45) is 11.8 Å². The number of aromatic nitrogens is 2. The number of carbonyl (C=O) groups is 1. The summed E-state index contributed by atoms with van der Waals surface area (Å²) < 4.78 is 38.9. The third-order valence-corrected chi connectivity index (χ3v) is 4.91. The Balaban J connectivity index is 1.55. The second kappa shape index (κ2) is 7.01. The molecule has 0 saturated carbocycles. The van der Waals surface area contributed by atoms with Crippen molar-refractivity contribution in [2.75, 3.05) is 13.1 Å². The van der Waals surface area contributed by atoms with Gasteiger partial charge in [-0.3, -0.25) is 14.2 Å². The molecule has 1 aliphatic heterocycles. The van der Waals surface area contributed by atoms with E-state index in [-0.39, 0.29) is 17.7 Å². The van der Waals surface area contributed by atoms with Gasteiger partial charge in [0.1, 0.15) is 0 Å². The summed E-state index contributed by atoms with van der Waals surface area (Å²) in [6.07, 6.45) is 3.47. The molecule has 0 spiro atoms. The van der Waals surface area contributed by atoms with Crippen LogP contribution in [-0.2, 0) is 17.5 Å². The van der Waals surface area contributed by atoms with Crippen molar-refractivity contribution in [1.29, 1.82) is 0 Å². The van der Waals surface area contributed by atoms with Gasteiger partial charge in [0, 0.05) is 31.6 Å². The van der Waals surface area contributed by atoms with E-state index in [1.165, 1.54) is 4.57 Å². The minimum Gasteiger partial charge on any atom is -0.342 e. The van der Waals surface area contributed by atoms with Crippen molar-refractivity contribution in [3.05, 3.63) is 40.6 Å².